The lowest BCUT2D eigenvalue weighted by molar-refractivity contribution is 0.0599. The van der Waals surface area contributed by atoms with Gasteiger partial charge in [-0.05, 0) is 31.0 Å². The van der Waals surface area contributed by atoms with Crippen molar-refractivity contribution in [2.24, 2.45) is 11.7 Å². The van der Waals surface area contributed by atoms with E-state index in [-0.39, 0.29) is 18.4 Å². The number of rotatable bonds is 5. The Bertz CT molecular complexity index is 702. The molecule has 25 heavy (non-hydrogen) atoms. The van der Waals surface area contributed by atoms with Crippen LogP contribution in [0.4, 0.5) is 0 Å². The van der Waals surface area contributed by atoms with Gasteiger partial charge >= 0.3 is 5.97 Å². The number of halogens is 1. The number of hydrogen-bond donors (Lipinski definition) is 1. The Labute approximate surface area is 154 Å². The molecule has 0 bridgehead atoms. The quantitative estimate of drug-likeness (QED) is 0.826. The monoisotopic (exact) mass is 364 g/mol. The Morgan fingerprint density at radius 3 is 2.68 bits per heavy atom. The zero-order chi connectivity index (χ0) is 17.1. The third-order valence-electron chi connectivity index (χ3n) is 4.80. The van der Waals surface area contributed by atoms with E-state index in [9.17, 15) is 4.79 Å². The minimum Gasteiger partial charge on any atom is -0.465 e. The Kier molecular flexibility index (Phi) is 6.64. The van der Waals surface area contributed by atoms with E-state index >= 15 is 0 Å². The van der Waals surface area contributed by atoms with E-state index < -0.39 is 0 Å². The first-order valence-corrected chi connectivity index (χ1v) is 8.27. The molecule has 5 nitrogen and oxygen atoms in total. The SMILES string of the molecule is COC(=O)c1cc(CN2C[C@@H](CN)[C@H](c3ccccc3)C2)oc1C.Cl. The fourth-order valence-corrected chi connectivity index (χ4v) is 3.56. The first-order chi connectivity index (χ1) is 11.6. The van der Waals surface area contributed by atoms with Crippen molar-refractivity contribution in [2.45, 2.75) is 19.4 Å². The number of carbonyl (C=O) groups excluding carboxylic acids is 1. The average molecular weight is 365 g/mol. The molecule has 0 aliphatic carbocycles. The van der Waals surface area contributed by atoms with Crippen LogP contribution in [0.2, 0.25) is 0 Å². The third-order valence-corrected chi connectivity index (χ3v) is 4.80. The zero-order valence-electron chi connectivity index (χ0n) is 14.6. The second-order valence-corrected chi connectivity index (χ2v) is 6.38. The van der Waals surface area contributed by atoms with Gasteiger partial charge in [-0.25, -0.2) is 4.79 Å². The second kappa shape index (κ2) is 8.52. The summed E-state index contributed by atoms with van der Waals surface area (Å²) in [5.41, 5.74) is 7.83. The molecule has 2 atom stereocenters. The van der Waals surface area contributed by atoms with Gasteiger partial charge in [0.2, 0.25) is 0 Å². The number of nitrogens with two attached hydrogens (primary N) is 1. The van der Waals surface area contributed by atoms with Gasteiger partial charge < -0.3 is 14.9 Å². The second-order valence-electron chi connectivity index (χ2n) is 6.38. The number of methoxy groups -OCH3 is 1. The Morgan fingerprint density at radius 1 is 1.32 bits per heavy atom. The van der Waals surface area contributed by atoms with E-state index in [1.54, 1.807) is 13.0 Å². The van der Waals surface area contributed by atoms with Crippen LogP contribution in [0.1, 0.15) is 33.4 Å². The van der Waals surface area contributed by atoms with Gasteiger partial charge in [0, 0.05) is 19.0 Å². The number of carbonyl (C=O) groups is 1. The summed E-state index contributed by atoms with van der Waals surface area (Å²) in [6.07, 6.45) is 0. The van der Waals surface area contributed by atoms with Crippen LogP contribution in [-0.2, 0) is 11.3 Å². The summed E-state index contributed by atoms with van der Waals surface area (Å²) in [6.45, 7) is 5.01. The normalized spacial score (nSPS) is 20.3. The molecular formula is C19H25ClN2O3. The Balaban J connectivity index is 0.00000225. The van der Waals surface area contributed by atoms with Crippen molar-refractivity contribution in [3.63, 3.8) is 0 Å². The van der Waals surface area contributed by atoms with Crippen molar-refractivity contribution < 1.29 is 13.9 Å². The van der Waals surface area contributed by atoms with Crippen LogP contribution in [0.3, 0.4) is 0 Å². The molecule has 0 amide bonds. The highest BCUT2D eigenvalue weighted by molar-refractivity contribution is 5.90. The number of hydrogen-bond acceptors (Lipinski definition) is 5. The minimum atomic E-state index is -0.356. The fraction of sp³-hybridized carbons (Fsp3) is 0.421. The molecule has 1 fully saturated rings. The molecule has 1 saturated heterocycles. The molecule has 2 aromatic rings. The molecule has 0 radical (unpaired) electrons. The molecule has 1 aliphatic heterocycles. The summed E-state index contributed by atoms with van der Waals surface area (Å²) in [4.78, 5) is 14.0. The maximum Gasteiger partial charge on any atom is 0.341 e. The highest BCUT2D eigenvalue weighted by Crippen LogP contribution is 2.33. The minimum absolute atomic E-state index is 0. The van der Waals surface area contributed by atoms with Gasteiger partial charge in [-0.2, -0.15) is 0 Å². The van der Waals surface area contributed by atoms with E-state index in [4.69, 9.17) is 14.9 Å². The van der Waals surface area contributed by atoms with Gasteiger partial charge in [0.15, 0.2) is 0 Å². The van der Waals surface area contributed by atoms with Crippen molar-refractivity contribution in [1.82, 2.24) is 4.90 Å². The van der Waals surface area contributed by atoms with Gasteiger partial charge in [-0.3, -0.25) is 4.90 Å². The van der Waals surface area contributed by atoms with Gasteiger partial charge in [-0.1, -0.05) is 30.3 Å². The molecule has 136 valence electrons. The molecule has 2 N–H and O–H groups in total. The lowest BCUT2D eigenvalue weighted by Crippen LogP contribution is -2.23. The number of furan rings is 1. The van der Waals surface area contributed by atoms with Crippen LogP contribution >= 0.6 is 12.4 Å². The molecule has 6 heteroatoms. The number of likely N-dealkylation sites (tertiary alicyclic amines) is 1. The van der Waals surface area contributed by atoms with Gasteiger partial charge in [0.25, 0.3) is 0 Å². The average Bonchev–Trinajstić information content (AvgIpc) is 3.18. The molecule has 1 aliphatic rings. The van der Waals surface area contributed by atoms with Gasteiger partial charge in [-0.15, -0.1) is 12.4 Å². The number of nitrogens with zero attached hydrogens (tertiary/aromatic N) is 1. The molecule has 3 rings (SSSR count). The van der Waals surface area contributed by atoms with E-state index in [2.05, 4.69) is 29.2 Å². The first-order valence-electron chi connectivity index (χ1n) is 8.27. The summed E-state index contributed by atoms with van der Waals surface area (Å²) >= 11 is 0. The van der Waals surface area contributed by atoms with Crippen LogP contribution in [0, 0.1) is 12.8 Å². The van der Waals surface area contributed by atoms with Crippen LogP contribution in [0.15, 0.2) is 40.8 Å². The smallest absolute Gasteiger partial charge is 0.341 e. The van der Waals surface area contributed by atoms with Gasteiger partial charge in [0.1, 0.15) is 17.1 Å². The van der Waals surface area contributed by atoms with Crippen LogP contribution in [-0.4, -0.2) is 37.6 Å². The van der Waals surface area contributed by atoms with Crippen molar-refractivity contribution >= 4 is 18.4 Å². The van der Waals surface area contributed by atoms with E-state index in [1.807, 2.05) is 6.07 Å². The van der Waals surface area contributed by atoms with Crippen LogP contribution in [0.5, 0.6) is 0 Å². The van der Waals surface area contributed by atoms with Crippen molar-refractivity contribution in [3.05, 3.63) is 59.0 Å². The first kappa shape index (κ1) is 19.5. The van der Waals surface area contributed by atoms with Crippen LogP contribution in [0.25, 0.3) is 0 Å². The van der Waals surface area contributed by atoms with Crippen molar-refractivity contribution in [2.75, 3.05) is 26.7 Å². The van der Waals surface area contributed by atoms with Crippen molar-refractivity contribution in [3.8, 4) is 0 Å². The highest BCUT2D eigenvalue weighted by Gasteiger charge is 2.33. The summed E-state index contributed by atoms with van der Waals surface area (Å²) in [5, 5.41) is 0. The highest BCUT2D eigenvalue weighted by atomic mass is 35.5. The number of benzene rings is 1. The maximum atomic E-state index is 11.7. The lowest BCUT2D eigenvalue weighted by Gasteiger charge is -2.16. The van der Waals surface area contributed by atoms with E-state index in [0.29, 0.717) is 36.2 Å². The summed E-state index contributed by atoms with van der Waals surface area (Å²) < 4.78 is 10.5. The lowest BCUT2D eigenvalue weighted by atomic mass is 9.89. The van der Waals surface area contributed by atoms with Crippen LogP contribution < -0.4 is 5.73 Å². The summed E-state index contributed by atoms with van der Waals surface area (Å²) in [5.74, 6) is 1.91. The number of ether oxygens (including phenoxy) is 1. The zero-order valence-corrected chi connectivity index (χ0v) is 15.4. The molecule has 1 aromatic carbocycles. The molecular weight excluding hydrogens is 340 g/mol. The van der Waals surface area contributed by atoms with Gasteiger partial charge in [0.05, 0.1) is 13.7 Å². The van der Waals surface area contributed by atoms with Crippen molar-refractivity contribution in [1.29, 1.82) is 0 Å². The summed E-state index contributed by atoms with van der Waals surface area (Å²) in [7, 11) is 1.38. The molecule has 0 spiro atoms. The Morgan fingerprint density at radius 2 is 2.04 bits per heavy atom. The predicted octanol–water partition coefficient (Wildman–Crippen LogP) is 2.97. The fourth-order valence-electron chi connectivity index (χ4n) is 3.56. The van der Waals surface area contributed by atoms with E-state index in [0.717, 1.165) is 18.8 Å². The largest absolute Gasteiger partial charge is 0.465 e. The molecule has 0 saturated carbocycles. The molecule has 2 heterocycles. The Hall–Kier alpha value is -1.82. The maximum absolute atomic E-state index is 11.7. The third kappa shape index (κ3) is 4.24. The molecule has 1 aromatic heterocycles. The topological polar surface area (TPSA) is 68.7 Å². The number of esters is 1. The van der Waals surface area contributed by atoms with E-state index in [1.165, 1.54) is 12.7 Å². The number of aryl methyl sites for hydroxylation is 1. The standard InChI is InChI=1S/C19H24N2O3.ClH/c1-13-17(19(22)23-2)8-16(24-13)11-21-10-15(9-20)18(12-21)14-6-4-3-5-7-14;/h3-8,15,18H,9-12,20H2,1-2H3;1H/t15-,18+;/m1./s1. The summed E-state index contributed by atoms with van der Waals surface area (Å²) in [6, 6.07) is 12.3. The molecule has 0 unspecified atom stereocenters. The predicted molar refractivity (Wildman–Crippen MR) is 99.0 cm³/mol.